The number of rotatable bonds is 4. The van der Waals surface area contributed by atoms with Crippen LogP contribution in [0.1, 0.15) is 79.1 Å². The molecule has 2 fully saturated rings. The van der Waals surface area contributed by atoms with Gasteiger partial charge in [-0.2, -0.15) is 0 Å². The summed E-state index contributed by atoms with van der Waals surface area (Å²) in [5, 5.41) is 0. The van der Waals surface area contributed by atoms with E-state index in [1.165, 1.54) is 24.8 Å². The fourth-order valence-corrected chi connectivity index (χ4v) is 5.44. The molecular weight excluding hydrogens is 296 g/mol. The second-order valence-electron chi connectivity index (χ2n) is 9.40. The zero-order chi connectivity index (χ0) is 17.5. The van der Waals surface area contributed by atoms with E-state index in [9.17, 15) is 4.79 Å². The first-order valence-corrected chi connectivity index (χ1v) is 9.78. The molecule has 3 aliphatic carbocycles. The molecule has 2 nitrogen and oxygen atoms in total. The van der Waals surface area contributed by atoms with Gasteiger partial charge in [0.2, 0.25) is 0 Å². The molecule has 0 amide bonds. The summed E-state index contributed by atoms with van der Waals surface area (Å²) < 4.78 is 6.47. The summed E-state index contributed by atoms with van der Waals surface area (Å²) >= 11 is 0. The highest BCUT2D eigenvalue weighted by Gasteiger charge is 2.53. The standard InChI is InChI=1S/C22H34O2/c1-6-7-8-17-18-13-16-10-12-20(24-21(2,3)4)22(16,5)14-15(18)9-11-19(17)23/h6,15-16,20H,1,7-14H2,2-5H3/t15-,16+,20+,22+/m1/s1. The highest BCUT2D eigenvalue weighted by molar-refractivity contribution is 5.97. The zero-order valence-corrected chi connectivity index (χ0v) is 16.0. The van der Waals surface area contributed by atoms with Crippen LogP contribution in [0.5, 0.6) is 0 Å². The Bertz CT molecular complexity index is 551. The summed E-state index contributed by atoms with van der Waals surface area (Å²) in [6.07, 6.45) is 10.7. The van der Waals surface area contributed by atoms with Gasteiger partial charge < -0.3 is 4.74 Å². The third kappa shape index (κ3) is 3.27. The van der Waals surface area contributed by atoms with Crippen LogP contribution >= 0.6 is 0 Å². The number of allylic oxidation sites excluding steroid dienone is 3. The molecule has 0 unspecified atom stereocenters. The van der Waals surface area contributed by atoms with Crippen molar-refractivity contribution in [1.29, 1.82) is 0 Å². The van der Waals surface area contributed by atoms with Crippen molar-refractivity contribution in [2.75, 3.05) is 0 Å². The number of carbonyl (C=O) groups is 1. The zero-order valence-electron chi connectivity index (χ0n) is 16.0. The van der Waals surface area contributed by atoms with Crippen LogP contribution in [0.15, 0.2) is 23.8 Å². The normalized spacial score (nSPS) is 36.5. The Balaban J connectivity index is 1.85. The van der Waals surface area contributed by atoms with Crippen LogP contribution in [0.3, 0.4) is 0 Å². The largest absolute Gasteiger partial charge is 0.372 e. The minimum atomic E-state index is -0.0731. The van der Waals surface area contributed by atoms with Crippen molar-refractivity contribution in [1.82, 2.24) is 0 Å². The molecule has 134 valence electrons. The van der Waals surface area contributed by atoms with E-state index in [4.69, 9.17) is 4.74 Å². The Kier molecular flexibility index (Phi) is 4.81. The smallest absolute Gasteiger partial charge is 0.158 e. The van der Waals surface area contributed by atoms with E-state index in [0.29, 0.717) is 23.7 Å². The molecule has 0 bridgehead atoms. The van der Waals surface area contributed by atoms with Crippen LogP contribution in [0.2, 0.25) is 0 Å². The highest BCUT2D eigenvalue weighted by Crippen LogP contribution is 2.59. The Morgan fingerprint density at radius 3 is 2.71 bits per heavy atom. The fraction of sp³-hybridized carbons (Fsp3) is 0.773. The molecule has 0 saturated heterocycles. The lowest BCUT2D eigenvalue weighted by atomic mass is 9.59. The first-order valence-electron chi connectivity index (χ1n) is 9.78. The average Bonchev–Trinajstić information content (AvgIpc) is 2.79. The van der Waals surface area contributed by atoms with Crippen LogP contribution in [0.25, 0.3) is 0 Å². The molecule has 24 heavy (non-hydrogen) atoms. The lowest BCUT2D eigenvalue weighted by molar-refractivity contribution is -0.121. The number of carbonyl (C=O) groups excluding carboxylic acids is 1. The van der Waals surface area contributed by atoms with E-state index in [1.807, 2.05) is 6.08 Å². The molecule has 0 aromatic carbocycles. The fourth-order valence-electron chi connectivity index (χ4n) is 5.44. The lowest BCUT2D eigenvalue weighted by Gasteiger charge is -2.48. The second kappa shape index (κ2) is 6.44. The third-order valence-electron chi connectivity index (χ3n) is 6.63. The van der Waals surface area contributed by atoms with Gasteiger partial charge in [-0.15, -0.1) is 6.58 Å². The van der Waals surface area contributed by atoms with Crippen molar-refractivity contribution in [3.05, 3.63) is 23.8 Å². The van der Waals surface area contributed by atoms with Crippen molar-refractivity contribution >= 4 is 5.78 Å². The number of hydrogen-bond acceptors (Lipinski definition) is 2. The third-order valence-corrected chi connectivity index (χ3v) is 6.63. The molecule has 2 saturated carbocycles. The van der Waals surface area contributed by atoms with Crippen LogP contribution in [0.4, 0.5) is 0 Å². The number of hydrogen-bond donors (Lipinski definition) is 0. The lowest BCUT2D eigenvalue weighted by Crippen LogP contribution is -2.44. The first kappa shape index (κ1) is 17.9. The second-order valence-corrected chi connectivity index (χ2v) is 9.40. The topological polar surface area (TPSA) is 26.3 Å². The van der Waals surface area contributed by atoms with E-state index in [2.05, 4.69) is 34.3 Å². The SMILES string of the molecule is C=CCCC1=C2C[C@@H]3CC[C@H](OC(C)(C)C)[C@@]3(C)C[C@H]2CCC1=O. The molecule has 0 aromatic heterocycles. The molecule has 0 N–H and O–H groups in total. The Morgan fingerprint density at radius 2 is 2.04 bits per heavy atom. The monoisotopic (exact) mass is 330 g/mol. The minimum Gasteiger partial charge on any atom is -0.372 e. The molecule has 0 aliphatic heterocycles. The van der Waals surface area contributed by atoms with Crippen molar-refractivity contribution < 1.29 is 9.53 Å². The molecular formula is C22H34O2. The summed E-state index contributed by atoms with van der Waals surface area (Å²) in [7, 11) is 0. The number of ketones is 1. The van der Waals surface area contributed by atoms with Crippen LogP contribution in [-0.2, 0) is 9.53 Å². The van der Waals surface area contributed by atoms with Gasteiger partial charge in [0.1, 0.15) is 0 Å². The van der Waals surface area contributed by atoms with Crippen molar-refractivity contribution in [2.24, 2.45) is 17.3 Å². The van der Waals surface area contributed by atoms with E-state index < -0.39 is 0 Å². The maximum absolute atomic E-state index is 12.5. The van der Waals surface area contributed by atoms with Gasteiger partial charge >= 0.3 is 0 Å². The predicted octanol–water partition coefficient (Wildman–Crippen LogP) is 5.62. The maximum Gasteiger partial charge on any atom is 0.158 e. The number of ether oxygens (including phenoxy) is 1. The van der Waals surface area contributed by atoms with Crippen LogP contribution in [0, 0.1) is 17.3 Å². The van der Waals surface area contributed by atoms with Gasteiger partial charge in [0.05, 0.1) is 11.7 Å². The summed E-state index contributed by atoms with van der Waals surface area (Å²) in [6, 6.07) is 0. The van der Waals surface area contributed by atoms with Gasteiger partial charge in [-0.3, -0.25) is 4.79 Å². The van der Waals surface area contributed by atoms with Crippen molar-refractivity contribution in [3.8, 4) is 0 Å². The highest BCUT2D eigenvalue weighted by atomic mass is 16.5. The van der Waals surface area contributed by atoms with E-state index in [1.54, 1.807) is 0 Å². The summed E-state index contributed by atoms with van der Waals surface area (Å²) in [5.74, 6) is 1.70. The molecule has 4 atom stereocenters. The summed E-state index contributed by atoms with van der Waals surface area (Å²) in [5.41, 5.74) is 2.88. The Morgan fingerprint density at radius 1 is 1.29 bits per heavy atom. The Labute approximate surface area is 147 Å². The molecule has 0 heterocycles. The number of fused-ring (bicyclic) bond motifs is 2. The quantitative estimate of drug-likeness (QED) is 0.625. The van der Waals surface area contributed by atoms with E-state index in [0.717, 1.165) is 37.7 Å². The van der Waals surface area contributed by atoms with Gasteiger partial charge in [0.25, 0.3) is 0 Å². The van der Waals surface area contributed by atoms with E-state index in [-0.39, 0.29) is 11.0 Å². The van der Waals surface area contributed by atoms with Gasteiger partial charge in [0, 0.05) is 6.42 Å². The van der Waals surface area contributed by atoms with Crippen LogP contribution in [-0.4, -0.2) is 17.5 Å². The summed E-state index contributed by atoms with van der Waals surface area (Å²) in [6.45, 7) is 12.8. The van der Waals surface area contributed by atoms with Gasteiger partial charge in [0.15, 0.2) is 5.78 Å². The van der Waals surface area contributed by atoms with Crippen molar-refractivity contribution in [2.45, 2.75) is 90.8 Å². The van der Waals surface area contributed by atoms with Gasteiger partial charge in [-0.1, -0.05) is 18.6 Å². The molecule has 3 rings (SSSR count). The molecule has 2 heteroatoms. The van der Waals surface area contributed by atoms with Gasteiger partial charge in [-0.25, -0.2) is 0 Å². The molecule has 0 aromatic rings. The predicted molar refractivity (Wildman–Crippen MR) is 98.9 cm³/mol. The number of Topliss-reactive ketones (excluding diaryl/α,β-unsaturated/α-hetero) is 1. The molecule has 0 spiro atoms. The first-order chi connectivity index (χ1) is 11.2. The van der Waals surface area contributed by atoms with Crippen LogP contribution < -0.4 is 0 Å². The average molecular weight is 331 g/mol. The Hall–Kier alpha value is -0.890. The van der Waals surface area contributed by atoms with Crippen molar-refractivity contribution in [3.63, 3.8) is 0 Å². The van der Waals surface area contributed by atoms with E-state index >= 15 is 0 Å². The molecule has 0 radical (unpaired) electrons. The maximum atomic E-state index is 12.5. The summed E-state index contributed by atoms with van der Waals surface area (Å²) in [4.78, 5) is 12.5. The minimum absolute atomic E-state index is 0.0731. The molecule has 3 aliphatic rings. The van der Waals surface area contributed by atoms with Gasteiger partial charge in [-0.05, 0) is 88.5 Å².